The van der Waals surface area contributed by atoms with Gasteiger partial charge >= 0.3 is 0 Å². The first kappa shape index (κ1) is 14.8. The monoisotopic (exact) mass is 380 g/mol. The number of pyridine rings is 1. The van der Waals surface area contributed by atoms with Crippen molar-refractivity contribution in [3.05, 3.63) is 38.1 Å². The molecule has 2 heterocycles. The standard InChI is InChI=1S/C11H10BrClN2O2S2/c1-19(16,17)10-3-2-7(5-15-10)14-6-8-4-9(12)11(13)18-8/h2-5,14H,6H2,1H3. The number of halogens is 2. The molecule has 2 rings (SSSR count). The second-order valence-electron chi connectivity index (χ2n) is 3.85. The van der Waals surface area contributed by atoms with Gasteiger partial charge in [-0.15, -0.1) is 11.3 Å². The fourth-order valence-corrected chi connectivity index (χ4v) is 3.66. The van der Waals surface area contributed by atoms with Crippen LogP contribution in [-0.2, 0) is 16.4 Å². The summed E-state index contributed by atoms with van der Waals surface area (Å²) in [5.41, 5.74) is 0.757. The van der Waals surface area contributed by atoms with E-state index in [2.05, 4.69) is 26.2 Å². The predicted molar refractivity (Wildman–Crippen MR) is 81.7 cm³/mol. The van der Waals surface area contributed by atoms with Crippen LogP contribution in [0.15, 0.2) is 33.9 Å². The van der Waals surface area contributed by atoms with Gasteiger partial charge in [0.2, 0.25) is 0 Å². The van der Waals surface area contributed by atoms with Gasteiger partial charge in [-0.1, -0.05) is 11.6 Å². The highest BCUT2D eigenvalue weighted by atomic mass is 79.9. The number of thiophene rings is 1. The molecule has 0 radical (unpaired) electrons. The van der Waals surface area contributed by atoms with Gasteiger partial charge < -0.3 is 5.32 Å². The van der Waals surface area contributed by atoms with E-state index in [9.17, 15) is 8.42 Å². The molecule has 0 saturated heterocycles. The zero-order valence-electron chi connectivity index (χ0n) is 9.85. The second-order valence-corrected chi connectivity index (χ2v) is 8.40. The first-order chi connectivity index (χ1) is 8.86. The van der Waals surface area contributed by atoms with Crippen LogP contribution in [0.4, 0.5) is 5.69 Å². The molecule has 102 valence electrons. The Labute approximate surface area is 128 Å². The normalized spacial score (nSPS) is 11.5. The number of nitrogens with one attached hydrogen (secondary N) is 1. The number of hydrogen-bond donors (Lipinski definition) is 1. The Balaban J connectivity index is 2.04. The number of hydrogen-bond acceptors (Lipinski definition) is 5. The lowest BCUT2D eigenvalue weighted by atomic mass is 10.4. The molecule has 0 unspecified atom stereocenters. The van der Waals surface area contributed by atoms with Gasteiger partial charge in [-0.25, -0.2) is 13.4 Å². The van der Waals surface area contributed by atoms with E-state index in [-0.39, 0.29) is 5.03 Å². The number of rotatable bonds is 4. The van der Waals surface area contributed by atoms with Gasteiger partial charge in [-0.05, 0) is 34.1 Å². The summed E-state index contributed by atoms with van der Waals surface area (Å²) in [6.07, 6.45) is 2.63. The first-order valence-corrected chi connectivity index (χ1v) is 9.08. The van der Waals surface area contributed by atoms with E-state index >= 15 is 0 Å². The molecule has 19 heavy (non-hydrogen) atoms. The van der Waals surface area contributed by atoms with Crippen molar-refractivity contribution in [3.63, 3.8) is 0 Å². The molecule has 2 aromatic heterocycles. The quantitative estimate of drug-likeness (QED) is 0.879. The van der Waals surface area contributed by atoms with E-state index in [1.54, 1.807) is 6.07 Å². The Morgan fingerprint density at radius 1 is 1.47 bits per heavy atom. The van der Waals surface area contributed by atoms with Crippen LogP contribution < -0.4 is 5.32 Å². The molecule has 0 amide bonds. The van der Waals surface area contributed by atoms with Crippen molar-refractivity contribution in [1.29, 1.82) is 0 Å². The van der Waals surface area contributed by atoms with Crippen LogP contribution in [0.5, 0.6) is 0 Å². The zero-order chi connectivity index (χ0) is 14.0. The molecule has 8 heteroatoms. The van der Waals surface area contributed by atoms with Crippen molar-refractivity contribution in [2.75, 3.05) is 11.6 Å². The summed E-state index contributed by atoms with van der Waals surface area (Å²) in [4.78, 5) is 4.98. The smallest absolute Gasteiger partial charge is 0.192 e. The van der Waals surface area contributed by atoms with Crippen molar-refractivity contribution >= 4 is 54.4 Å². The Morgan fingerprint density at radius 3 is 2.68 bits per heavy atom. The Bertz CT molecular complexity index is 664. The molecule has 0 bridgehead atoms. The van der Waals surface area contributed by atoms with Crippen molar-refractivity contribution < 1.29 is 8.42 Å². The average molecular weight is 382 g/mol. The molecule has 0 spiro atoms. The molecule has 0 aliphatic rings. The van der Waals surface area contributed by atoms with Crippen molar-refractivity contribution in [1.82, 2.24) is 4.98 Å². The highest BCUT2D eigenvalue weighted by molar-refractivity contribution is 9.10. The van der Waals surface area contributed by atoms with Gasteiger partial charge in [0.1, 0.15) is 4.34 Å². The number of anilines is 1. The molecule has 0 atom stereocenters. The van der Waals surface area contributed by atoms with Crippen LogP contribution in [-0.4, -0.2) is 19.7 Å². The van der Waals surface area contributed by atoms with Crippen LogP contribution >= 0.6 is 38.9 Å². The lowest BCUT2D eigenvalue weighted by Gasteiger charge is -2.04. The third kappa shape index (κ3) is 3.92. The van der Waals surface area contributed by atoms with E-state index in [0.29, 0.717) is 10.9 Å². The highest BCUT2D eigenvalue weighted by Gasteiger charge is 2.08. The molecule has 4 nitrogen and oxygen atoms in total. The van der Waals surface area contributed by atoms with Crippen molar-refractivity contribution in [2.45, 2.75) is 11.6 Å². The summed E-state index contributed by atoms with van der Waals surface area (Å²) in [6.45, 7) is 0.607. The number of nitrogens with zero attached hydrogens (tertiary/aromatic N) is 1. The summed E-state index contributed by atoms with van der Waals surface area (Å²) < 4.78 is 24.1. The van der Waals surface area contributed by atoms with Gasteiger partial charge in [0.15, 0.2) is 14.9 Å². The Hall–Kier alpha value is -0.630. The Kier molecular flexibility index (Phi) is 4.50. The fraction of sp³-hybridized carbons (Fsp3) is 0.182. The Morgan fingerprint density at radius 2 is 2.21 bits per heavy atom. The van der Waals surface area contributed by atoms with Gasteiger partial charge in [-0.2, -0.15) is 0 Å². The lowest BCUT2D eigenvalue weighted by molar-refractivity contribution is 0.598. The largest absolute Gasteiger partial charge is 0.379 e. The predicted octanol–water partition coefficient (Wildman–Crippen LogP) is 3.57. The minimum Gasteiger partial charge on any atom is -0.379 e. The minimum atomic E-state index is -3.25. The number of aromatic nitrogens is 1. The van der Waals surface area contributed by atoms with E-state index in [4.69, 9.17) is 11.6 Å². The lowest BCUT2D eigenvalue weighted by Crippen LogP contribution is -2.02. The maximum atomic E-state index is 11.3. The molecule has 0 aromatic carbocycles. The van der Waals surface area contributed by atoms with E-state index < -0.39 is 9.84 Å². The molecular formula is C11H10BrClN2O2S2. The van der Waals surface area contributed by atoms with E-state index in [1.807, 2.05) is 6.07 Å². The van der Waals surface area contributed by atoms with Crippen LogP contribution in [0.1, 0.15) is 4.88 Å². The fourth-order valence-electron chi connectivity index (χ4n) is 1.37. The van der Waals surface area contributed by atoms with Gasteiger partial charge in [-0.3, -0.25) is 0 Å². The third-order valence-corrected chi connectivity index (χ3v) is 5.76. The summed E-state index contributed by atoms with van der Waals surface area (Å²) in [5, 5.41) is 3.22. The van der Waals surface area contributed by atoms with Gasteiger partial charge in [0.05, 0.1) is 11.9 Å². The molecule has 0 aliphatic carbocycles. The van der Waals surface area contributed by atoms with E-state index in [1.165, 1.54) is 23.6 Å². The molecular weight excluding hydrogens is 372 g/mol. The summed E-state index contributed by atoms with van der Waals surface area (Å²) in [5.74, 6) is 0. The highest BCUT2D eigenvalue weighted by Crippen LogP contribution is 2.32. The molecule has 1 N–H and O–H groups in total. The molecule has 0 saturated carbocycles. The van der Waals surface area contributed by atoms with Crippen molar-refractivity contribution in [3.8, 4) is 0 Å². The summed E-state index contributed by atoms with van der Waals surface area (Å²) in [7, 11) is -3.25. The maximum Gasteiger partial charge on any atom is 0.192 e. The SMILES string of the molecule is CS(=O)(=O)c1ccc(NCc2cc(Br)c(Cl)s2)cn1. The molecule has 2 aromatic rings. The first-order valence-electron chi connectivity index (χ1n) is 5.20. The van der Waals surface area contributed by atoms with Crippen LogP contribution in [0.2, 0.25) is 4.34 Å². The molecule has 0 aliphatic heterocycles. The van der Waals surface area contributed by atoms with Gasteiger partial charge in [0, 0.05) is 22.2 Å². The summed E-state index contributed by atoms with van der Waals surface area (Å²) in [6, 6.07) is 5.11. The van der Waals surface area contributed by atoms with Crippen LogP contribution in [0.25, 0.3) is 0 Å². The molecule has 0 fully saturated rings. The second kappa shape index (κ2) is 5.78. The third-order valence-electron chi connectivity index (χ3n) is 2.28. The topological polar surface area (TPSA) is 59.1 Å². The summed E-state index contributed by atoms with van der Waals surface area (Å²) >= 11 is 10.8. The minimum absolute atomic E-state index is 0.0694. The maximum absolute atomic E-state index is 11.3. The van der Waals surface area contributed by atoms with Crippen LogP contribution in [0.3, 0.4) is 0 Å². The van der Waals surface area contributed by atoms with Gasteiger partial charge in [0.25, 0.3) is 0 Å². The van der Waals surface area contributed by atoms with Crippen LogP contribution in [0, 0.1) is 0 Å². The van der Waals surface area contributed by atoms with E-state index in [0.717, 1.165) is 21.3 Å². The number of sulfone groups is 1. The zero-order valence-corrected chi connectivity index (χ0v) is 13.8. The average Bonchev–Trinajstić information content (AvgIpc) is 2.66. The van der Waals surface area contributed by atoms with Crippen molar-refractivity contribution in [2.24, 2.45) is 0 Å².